The molecule has 0 spiro atoms. The molecule has 25 heavy (non-hydrogen) atoms. The Morgan fingerprint density at radius 1 is 1.24 bits per heavy atom. The van der Waals surface area contributed by atoms with E-state index >= 15 is 0 Å². The van der Waals surface area contributed by atoms with Gasteiger partial charge in [-0.05, 0) is 50.8 Å². The van der Waals surface area contributed by atoms with Crippen molar-refractivity contribution in [2.24, 2.45) is 0 Å². The first-order valence-corrected chi connectivity index (χ1v) is 8.15. The molecule has 1 amide bonds. The predicted molar refractivity (Wildman–Crippen MR) is 89.8 cm³/mol. The van der Waals surface area contributed by atoms with Gasteiger partial charge in [-0.15, -0.1) is 0 Å². The maximum atomic E-state index is 12.0. The number of benzene rings is 1. The topological polar surface area (TPSA) is 106 Å². The molecule has 2 aromatic rings. The van der Waals surface area contributed by atoms with E-state index in [-0.39, 0.29) is 5.63 Å². The number of nitrogens with one attached hydrogen (secondary N) is 1. The van der Waals surface area contributed by atoms with Gasteiger partial charge in [0.25, 0.3) is 5.91 Å². The molecule has 0 radical (unpaired) electrons. The molecule has 0 aliphatic heterocycles. The van der Waals surface area contributed by atoms with Crippen molar-refractivity contribution in [3.8, 4) is 5.75 Å². The van der Waals surface area contributed by atoms with E-state index in [0.717, 1.165) is 35.8 Å². The van der Waals surface area contributed by atoms with Gasteiger partial charge in [0, 0.05) is 17.0 Å². The molecule has 1 aromatic carbocycles. The third-order valence-corrected chi connectivity index (χ3v) is 4.36. The number of carboxylic acid groups (broad SMARTS) is 1. The summed E-state index contributed by atoms with van der Waals surface area (Å²) in [5.74, 6) is -1.29. The van der Waals surface area contributed by atoms with Crippen LogP contribution in [-0.2, 0) is 22.4 Å². The summed E-state index contributed by atoms with van der Waals surface area (Å²) in [5.41, 5.74) is 1.88. The van der Waals surface area contributed by atoms with Crippen LogP contribution in [0.15, 0.2) is 27.4 Å². The van der Waals surface area contributed by atoms with Crippen molar-refractivity contribution < 1.29 is 23.8 Å². The second-order valence-corrected chi connectivity index (χ2v) is 6.19. The number of aryl methyl sites for hydroxylation is 1. The Morgan fingerprint density at radius 3 is 2.68 bits per heavy atom. The summed E-state index contributed by atoms with van der Waals surface area (Å²) < 4.78 is 10.9. The number of aliphatic carboxylic acids is 1. The Labute approximate surface area is 143 Å². The molecule has 2 atom stereocenters. The van der Waals surface area contributed by atoms with Crippen LogP contribution in [0.1, 0.15) is 31.4 Å². The lowest BCUT2D eigenvalue weighted by Gasteiger charge is -2.17. The highest BCUT2D eigenvalue weighted by Gasteiger charge is 2.22. The Balaban J connectivity index is 1.81. The van der Waals surface area contributed by atoms with Crippen LogP contribution in [-0.4, -0.2) is 29.1 Å². The van der Waals surface area contributed by atoms with Gasteiger partial charge in [-0.3, -0.25) is 9.59 Å². The summed E-state index contributed by atoms with van der Waals surface area (Å²) in [7, 11) is 0. The summed E-state index contributed by atoms with van der Waals surface area (Å²) in [6.07, 6.45) is 1.64. The van der Waals surface area contributed by atoms with Gasteiger partial charge in [0.05, 0.1) is 0 Å². The standard InChI is InChI=1S/C18H19NO6/c1-9(17(21)22)19-16(20)10(2)24-11-6-7-13-12-4-3-5-14(12)18(23)25-15(13)8-11/h6-10H,3-5H2,1-2H3,(H,19,20)(H,21,22). The zero-order valence-electron chi connectivity index (χ0n) is 14.0. The fourth-order valence-electron chi connectivity index (χ4n) is 2.99. The molecule has 0 saturated heterocycles. The minimum absolute atomic E-state index is 0.321. The molecule has 0 fully saturated rings. The predicted octanol–water partition coefficient (Wildman–Crippen LogP) is 1.64. The van der Waals surface area contributed by atoms with Gasteiger partial charge in [0.1, 0.15) is 17.4 Å². The average Bonchev–Trinajstić information content (AvgIpc) is 3.05. The first-order valence-electron chi connectivity index (χ1n) is 8.15. The van der Waals surface area contributed by atoms with Gasteiger partial charge in [0.2, 0.25) is 0 Å². The average molecular weight is 345 g/mol. The Morgan fingerprint density at radius 2 is 1.96 bits per heavy atom. The zero-order valence-corrected chi connectivity index (χ0v) is 14.0. The quantitative estimate of drug-likeness (QED) is 0.798. The van der Waals surface area contributed by atoms with Gasteiger partial charge < -0.3 is 19.6 Å². The molecular weight excluding hydrogens is 326 g/mol. The Kier molecular flexibility index (Phi) is 4.48. The summed E-state index contributed by atoms with van der Waals surface area (Å²) in [4.78, 5) is 34.8. The molecule has 1 aliphatic rings. The van der Waals surface area contributed by atoms with Crippen molar-refractivity contribution in [2.75, 3.05) is 0 Å². The zero-order chi connectivity index (χ0) is 18.1. The molecule has 7 nitrogen and oxygen atoms in total. The van der Waals surface area contributed by atoms with Crippen LogP contribution in [0.4, 0.5) is 0 Å². The molecule has 1 heterocycles. The second kappa shape index (κ2) is 6.58. The molecule has 0 saturated carbocycles. The van der Waals surface area contributed by atoms with E-state index in [0.29, 0.717) is 11.3 Å². The maximum absolute atomic E-state index is 12.0. The molecule has 2 N–H and O–H groups in total. The van der Waals surface area contributed by atoms with Crippen molar-refractivity contribution in [3.05, 3.63) is 39.7 Å². The van der Waals surface area contributed by atoms with Crippen LogP contribution in [0.3, 0.4) is 0 Å². The van der Waals surface area contributed by atoms with E-state index < -0.39 is 24.0 Å². The highest BCUT2D eigenvalue weighted by Crippen LogP contribution is 2.29. The van der Waals surface area contributed by atoms with E-state index in [1.54, 1.807) is 12.1 Å². The van der Waals surface area contributed by atoms with E-state index in [2.05, 4.69) is 5.32 Å². The van der Waals surface area contributed by atoms with Crippen molar-refractivity contribution in [1.29, 1.82) is 0 Å². The Hall–Kier alpha value is -2.83. The largest absolute Gasteiger partial charge is 0.481 e. The van der Waals surface area contributed by atoms with Crippen LogP contribution >= 0.6 is 0 Å². The van der Waals surface area contributed by atoms with Gasteiger partial charge in [-0.1, -0.05) is 0 Å². The molecule has 1 aromatic heterocycles. The number of carbonyl (C=O) groups is 2. The number of carbonyl (C=O) groups excluding carboxylic acids is 1. The minimum Gasteiger partial charge on any atom is -0.481 e. The van der Waals surface area contributed by atoms with Crippen LogP contribution in [0.25, 0.3) is 11.0 Å². The number of ether oxygens (including phenoxy) is 1. The van der Waals surface area contributed by atoms with Crippen molar-refractivity contribution in [1.82, 2.24) is 5.32 Å². The molecule has 0 bridgehead atoms. The third kappa shape index (κ3) is 3.35. The Bertz CT molecular complexity index is 900. The van der Waals surface area contributed by atoms with Crippen LogP contribution < -0.4 is 15.7 Å². The normalized spacial score (nSPS) is 15.4. The van der Waals surface area contributed by atoms with Gasteiger partial charge >= 0.3 is 11.6 Å². The maximum Gasteiger partial charge on any atom is 0.339 e. The van der Waals surface area contributed by atoms with E-state index in [9.17, 15) is 14.4 Å². The monoisotopic (exact) mass is 345 g/mol. The highest BCUT2D eigenvalue weighted by atomic mass is 16.5. The van der Waals surface area contributed by atoms with Crippen LogP contribution in [0.5, 0.6) is 5.75 Å². The lowest BCUT2D eigenvalue weighted by molar-refractivity contribution is -0.142. The SMILES string of the molecule is CC(NC(=O)C(C)Oc1ccc2c3c(c(=O)oc2c1)CCC3)C(=O)O. The van der Waals surface area contributed by atoms with Gasteiger partial charge in [-0.25, -0.2) is 4.79 Å². The second-order valence-electron chi connectivity index (χ2n) is 6.19. The summed E-state index contributed by atoms with van der Waals surface area (Å²) in [5, 5.41) is 12.1. The van der Waals surface area contributed by atoms with Crippen molar-refractivity contribution >= 4 is 22.8 Å². The van der Waals surface area contributed by atoms with Gasteiger partial charge in [0.15, 0.2) is 6.10 Å². The molecule has 3 rings (SSSR count). The number of amides is 1. The van der Waals surface area contributed by atoms with E-state index in [4.69, 9.17) is 14.3 Å². The van der Waals surface area contributed by atoms with E-state index in [1.165, 1.54) is 13.8 Å². The molecule has 7 heteroatoms. The van der Waals surface area contributed by atoms with Crippen molar-refractivity contribution in [2.45, 2.75) is 45.3 Å². The number of fused-ring (bicyclic) bond motifs is 3. The minimum atomic E-state index is -1.12. The first kappa shape index (κ1) is 17.0. The summed E-state index contributed by atoms with van der Waals surface area (Å²) in [6.45, 7) is 2.89. The third-order valence-electron chi connectivity index (χ3n) is 4.36. The lowest BCUT2D eigenvalue weighted by atomic mass is 10.1. The summed E-state index contributed by atoms with van der Waals surface area (Å²) in [6, 6.07) is 4.11. The van der Waals surface area contributed by atoms with Crippen LogP contribution in [0, 0.1) is 0 Å². The van der Waals surface area contributed by atoms with Crippen molar-refractivity contribution in [3.63, 3.8) is 0 Å². The smallest absolute Gasteiger partial charge is 0.339 e. The number of rotatable bonds is 5. The fraction of sp³-hybridized carbons (Fsp3) is 0.389. The molecule has 2 unspecified atom stereocenters. The van der Waals surface area contributed by atoms with E-state index in [1.807, 2.05) is 6.07 Å². The number of hydrogen-bond acceptors (Lipinski definition) is 5. The number of hydrogen-bond donors (Lipinski definition) is 2. The first-order chi connectivity index (χ1) is 11.9. The fourth-order valence-corrected chi connectivity index (χ4v) is 2.99. The van der Waals surface area contributed by atoms with Crippen LogP contribution in [0.2, 0.25) is 0 Å². The summed E-state index contributed by atoms with van der Waals surface area (Å²) >= 11 is 0. The highest BCUT2D eigenvalue weighted by molar-refractivity contribution is 5.86. The number of carboxylic acids is 1. The lowest BCUT2D eigenvalue weighted by Crippen LogP contribution is -2.44. The molecule has 1 aliphatic carbocycles. The molecular formula is C18H19NO6. The van der Waals surface area contributed by atoms with Gasteiger partial charge in [-0.2, -0.15) is 0 Å². The molecule has 132 valence electrons.